The van der Waals surface area contributed by atoms with E-state index in [0.29, 0.717) is 12.5 Å². The first-order valence-corrected chi connectivity index (χ1v) is 10.9. The summed E-state index contributed by atoms with van der Waals surface area (Å²) in [6, 6.07) is 15.3. The van der Waals surface area contributed by atoms with Crippen molar-refractivity contribution in [2.45, 2.75) is 24.7 Å². The normalized spacial score (nSPS) is 23.6. The van der Waals surface area contributed by atoms with Crippen molar-refractivity contribution < 1.29 is 13.6 Å². The van der Waals surface area contributed by atoms with Gasteiger partial charge in [-0.2, -0.15) is 0 Å². The van der Waals surface area contributed by atoms with Gasteiger partial charge in [0.25, 0.3) is 5.56 Å². The number of nitrogens with zero attached hydrogens (tertiary/aromatic N) is 2. The van der Waals surface area contributed by atoms with Crippen molar-refractivity contribution in [3.05, 3.63) is 70.1 Å². The number of fused-ring (bicyclic) bond motifs is 4. The first-order chi connectivity index (χ1) is 13.1. The van der Waals surface area contributed by atoms with Crippen molar-refractivity contribution in [3.8, 4) is 0 Å². The lowest BCUT2D eigenvalue weighted by atomic mass is 9.83. The van der Waals surface area contributed by atoms with E-state index in [9.17, 15) is 9.36 Å². The molecule has 2 aliphatic rings. The fourth-order valence-corrected chi connectivity index (χ4v) is 6.30. The van der Waals surface area contributed by atoms with E-state index in [0.717, 1.165) is 30.8 Å². The summed E-state index contributed by atoms with van der Waals surface area (Å²) in [6.07, 6.45) is 1.05. The summed E-state index contributed by atoms with van der Waals surface area (Å²) in [5, 5.41) is 0. The van der Waals surface area contributed by atoms with Crippen LogP contribution in [0.15, 0.2) is 53.3 Å². The maximum atomic E-state index is 13.4. The minimum atomic E-state index is -3.36. The maximum Gasteiger partial charge on any atom is 0.351 e. The fourth-order valence-electron chi connectivity index (χ4n) is 4.63. The second-order valence-electron chi connectivity index (χ2n) is 7.34. The molecular weight excluding hydrogens is 363 g/mol. The Kier molecular flexibility index (Phi) is 5.08. The van der Waals surface area contributed by atoms with Gasteiger partial charge in [-0.25, -0.2) is 0 Å². The lowest BCUT2D eigenvalue weighted by molar-refractivity contribution is 0.0927. The molecule has 0 unspecified atom stereocenters. The van der Waals surface area contributed by atoms with E-state index in [1.165, 1.54) is 14.2 Å². The highest BCUT2D eigenvalue weighted by atomic mass is 31.2. The quantitative estimate of drug-likeness (QED) is 0.735. The number of pyridine rings is 1. The molecular formula is C20H25N2O4P. The SMILES string of the molecule is COP(=O)(OC)[C@@H](c1ccccc1)N1C[C@H]2C[C@H](C1)c1cccc(=O)n1C2. The van der Waals surface area contributed by atoms with Crippen molar-refractivity contribution in [2.75, 3.05) is 27.3 Å². The molecule has 1 aromatic carbocycles. The smallest absolute Gasteiger partial charge is 0.312 e. The first-order valence-electron chi connectivity index (χ1n) is 9.25. The van der Waals surface area contributed by atoms with Gasteiger partial charge in [-0.3, -0.25) is 14.3 Å². The molecule has 1 saturated heterocycles. The van der Waals surface area contributed by atoms with Crippen LogP contribution in [0.4, 0.5) is 0 Å². The summed E-state index contributed by atoms with van der Waals surface area (Å²) in [5.41, 5.74) is 2.06. The molecule has 0 aliphatic carbocycles. The van der Waals surface area contributed by atoms with Gasteiger partial charge in [-0.05, 0) is 24.0 Å². The minimum Gasteiger partial charge on any atom is -0.312 e. The van der Waals surface area contributed by atoms with E-state index in [1.54, 1.807) is 6.07 Å². The van der Waals surface area contributed by atoms with Gasteiger partial charge in [0.15, 0.2) is 0 Å². The number of rotatable bonds is 5. The standard InChI is InChI=1S/C20H25N2O4P/c1-25-27(24,26-2)20(16-7-4-3-5-8-16)21-12-15-11-17(14-21)18-9-6-10-19(23)22(18)13-15/h3-10,15,17,20H,11-14H2,1-2H3/t15-,17-,20+/m1/s1. The van der Waals surface area contributed by atoms with Crippen LogP contribution in [0.2, 0.25) is 0 Å². The van der Waals surface area contributed by atoms with E-state index in [1.807, 2.05) is 47.0 Å². The number of hydrogen-bond donors (Lipinski definition) is 0. The Morgan fingerprint density at radius 2 is 1.74 bits per heavy atom. The molecule has 7 heteroatoms. The Balaban J connectivity index is 1.73. The van der Waals surface area contributed by atoms with Gasteiger partial charge in [0.2, 0.25) is 0 Å². The van der Waals surface area contributed by atoms with Gasteiger partial charge in [0.05, 0.1) is 0 Å². The Labute approximate surface area is 159 Å². The molecule has 2 bridgehead atoms. The van der Waals surface area contributed by atoms with Crippen LogP contribution in [0.1, 0.15) is 29.4 Å². The van der Waals surface area contributed by atoms with Crippen molar-refractivity contribution in [1.82, 2.24) is 9.47 Å². The zero-order valence-electron chi connectivity index (χ0n) is 15.7. The second-order valence-corrected chi connectivity index (χ2v) is 9.64. The van der Waals surface area contributed by atoms with Crippen molar-refractivity contribution in [1.29, 1.82) is 0 Å². The molecule has 0 spiro atoms. The number of likely N-dealkylation sites (tertiary alicyclic amines) is 1. The van der Waals surface area contributed by atoms with Crippen LogP contribution in [0.25, 0.3) is 0 Å². The number of aromatic nitrogens is 1. The minimum absolute atomic E-state index is 0.0646. The molecule has 2 aromatic rings. The molecule has 0 N–H and O–H groups in total. The number of benzene rings is 1. The molecule has 0 radical (unpaired) electrons. The van der Waals surface area contributed by atoms with Gasteiger partial charge >= 0.3 is 7.60 Å². The zero-order valence-corrected chi connectivity index (χ0v) is 16.5. The first kappa shape index (κ1) is 18.6. The second kappa shape index (κ2) is 7.36. The maximum absolute atomic E-state index is 13.4. The van der Waals surface area contributed by atoms with Gasteiger partial charge < -0.3 is 13.6 Å². The summed E-state index contributed by atoms with van der Waals surface area (Å²) in [7, 11) is -0.469. The van der Waals surface area contributed by atoms with Crippen LogP contribution in [0.3, 0.4) is 0 Å². The highest BCUT2D eigenvalue weighted by Gasteiger charge is 2.45. The largest absolute Gasteiger partial charge is 0.351 e. The Hall–Kier alpha value is -1.72. The Morgan fingerprint density at radius 3 is 2.44 bits per heavy atom. The van der Waals surface area contributed by atoms with E-state index in [2.05, 4.69) is 4.90 Å². The van der Waals surface area contributed by atoms with Gasteiger partial charge in [0.1, 0.15) is 5.78 Å². The summed E-state index contributed by atoms with van der Waals surface area (Å²) < 4.78 is 26.1. The third-order valence-electron chi connectivity index (χ3n) is 5.76. The van der Waals surface area contributed by atoms with E-state index >= 15 is 0 Å². The number of piperidine rings is 1. The molecule has 2 aliphatic heterocycles. The highest BCUT2D eigenvalue weighted by molar-refractivity contribution is 7.54. The van der Waals surface area contributed by atoms with E-state index in [-0.39, 0.29) is 11.5 Å². The van der Waals surface area contributed by atoms with Crippen LogP contribution in [0.5, 0.6) is 0 Å². The van der Waals surface area contributed by atoms with Gasteiger partial charge in [-0.15, -0.1) is 0 Å². The van der Waals surface area contributed by atoms with E-state index < -0.39 is 13.4 Å². The average molecular weight is 388 g/mol. The fraction of sp³-hybridized carbons (Fsp3) is 0.450. The monoisotopic (exact) mass is 388 g/mol. The molecule has 0 saturated carbocycles. The van der Waals surface area contributed by atoms with Crippen LogP contribution >= 0.6 is 7.60 Å². The highest BCUT2D eigenvalue weighted by Crippen LogP contribution is 2.62. The Morgan fingerprint density at radius 1 is 1.00 bits per heavy atom. The molecule has 0 amide bonds. The molecule has 6 nitrogen and oxygen atoms in total. The molecule has 3 heterocycles. The molecule has 144 valence electrons. The van der Waals surface area contributed by atoms with Crippen molar-refractivity contribution >= 4 is 7.60 Å². The molecule has 1 fully saturated rings. The van der Waals surface area contributed by atoms with Crippen LogP contribution in [-0.4, -0.2) is 36.8 Å². The predicted octanol–water partition coefficient (Wildman–Crippen LogP) is 3.45. The molecule has 27 heavy (non-hydrogen) atoms. The lowest BCUT2D eigenvalue weighted by Gasteiger charge is -2.46. The molecule has 4 rings (SSSR count). The molecule has 1 aromatic heterocycles. The third-order valence-corrected chi connectivity index (χ3v) is 8.00. The topological polar surface area (TPSA) is 60.8 Å². The van der Waals surface area contributed by atoms with Crippen molar-refractivity contribution in [2.24, 2.45) is 5.92 Å². The summed E-state index contributed by atoms with van der Waals surface area (Å²) in [6.45, 7) is 2.18. The van der Waals surface area contributed by atoms with Gasteiger partial charge in [-0.1, -0.05) is 36.4 Å². The summed E-state index contributed by atoms with van der Waals surface area (Å²) >= 11 is 0. The zero-order chi connectivity index (χ0) is 19.0. The lowest BCUT2D eigenvalue weighted by Crippen LogP contribution is -2.48. The van der Waals surface area contributed by atoms with Crippen LogP contribution in [0, 0.1) is 5.92 Å². The third kappa shape index (κ3) is 3.32. The predicted molar refractivity (Wildman–Crippen MR) is 104 cm³/mol. The van der Waals surface area contributed by atoms with Gasteiger partial charge in [0, 0.05) is 51.5 Å². The summed E-state index contributed by atoms with van der Waals surface area (Å²) in [4.78, 5) is 14.5. The van der Waals surface area contributed by atoms with Crippen LogP contribution < -0.4 is 5.56 Å². The Bertz CT molecular complexity index is 906. The number of hydrogen-bond acceptors (Lipinski definition) is 5. The molecule has 3 atom stereocenters. The summed E-state index contributed by atoms with van der Waals surface area (Å²) in [5.74, 6) is 0.116. The van der Waals surface area contributed by atoms with E-state index in [4.69, 9.17) is 9.05 Å². The van der Waals surface area contributed by atoms with Crippen molar-refractivity contribution in [3.63, 3.8) is 0 Å². The average Bonchev–Trinajstić information content (AvgIpc) is 2.69. The van der Waals surface area contributed by atoms with Crippen LogP contribution in [-0.2, 0) is 20.2 Å².